The number of likely N-dealkylation sites (tertiary alicyclic amines) is 1. The Balaban J connectivity index is 1.87. The van der Waals surface area contributed by atoms with E-state index in [1.807, 2.05) is 24.3 Å². The summed E-state index contributed by atoms with van der Waals surface area (Å²) in [5.41, 5.74) is 1.88. The van der Waals surface area contributed by atoms with Crippen molar-refractivity contribution in [2.24, 2.45) is 0 Å². The molecular formula is C17H16BrN3OS. The molecule has 0 aliphatic carbocycles. The van der Waals surface area contributed by atoms with Crippen LogP contribution in [0.1, 0.15) is 30.3 Å². The second-order valence-electron chi connectivity index (χ2n) is 5.77. The summed E-state index contributed by atoms with van der Waals surface area (Å²) in [5, 5.41) is 0. The van der Waals surface area contributed by atoms with E-state index in [-0.39, 0.29) is 11.6 Å². The van der Waals surface area contributed by atoms with Crippen LogP contribution in [-0.2, 0) is 0 Å². The number of aromatic nitrogens is 2. The first-order valence-corrected chi connectivity index (χ1v) is 9.31. The smallest absolute Gasteiger partial charge is 0.268 e. The second kappa shape index (κ2) is 6.19. The highest BCUT2D eigenvalue weighted by atomic mass is 79.9. The van der Waals surface area contributed by atoms with Crippen LogP contribution in [0.2, 0.25) is 0 Å². The molecule has 3 aromatic rings. The Bertz CT molecular complexity index is 884. The number of aromatic amines is 1. The van der Waals surface area contributed by atoms with Crippen LogP contribution in [0.3, 0.4) is 0 Å². The van der Waals surface area contributed by atoms with Crippen LogP contribution < -0.4 is 5.56 Å². The number of nitrogens with one attached hydrogen (secondary N) is 1. The molecule has 1 fully saturated rings. The molecule has 0 bridgehead atoms. The fourth-order valence-electron chi connectivity index (χ4n) is 3.24. The molecule has 1 saturated heterocycles. The second-order valence-corrected chi connectivity index (χ2v) is 8.20. The number of hydrogen-bond acceptors (Lipinski definition) is 4. The number of thiophene rings is 1. The van der Waals surface area contributed by atoms with Crippen molar-refractivity contribution in [2.75, 3.05) is 13.1 Å². The fourth-order valence-corrected chi connectivity index (χ4v) is 4.66. The number of halogens is 1. The molecule has 0 saturated carbocycles. The molecule has 0 amide bonds. The van der Waals surface area contributed by atoms with Gasteiger partial charge in [0.1, 0.15) is 10.5 Å². The summed E-state index contributed by atoms with van der Waals surface area (Å²) >= 11 is 4.87. The predicted molar refractivity (Wildman–Crippen MR) is 97.0 cm³/mol. The lowest BCUT2D eigenvalue weighted by molar-refractivity contribution is 0.271. The van der Waals surface area contributed by atoms with Gasteiger partial charge in [-0.2, -0.15) is 0 Å². The molecular weight excluding hydrogens is 374 g/mol. The van der Waals surface area contributed by atoms with Crippen LogP contribution in [0, 0.1) is 0 Å². The van der Waals surface area contributed by atoms with Crippen LogP contribution >= 0.6 is 27.3 Å². The lowest BCUT2D eigenvalue weighted by atomic mass is 10.0. The van der Waals surface area contributed by atoms with Gasteiger partial charge >= 0.3 is 0 Å². The number of nitrogens with zero attached hydrogens (tertiary/aromatic N) is 2. The van der Waals surface area contributed by atoms with Crippen molar-refractivity contribution < 1.29 is 0 Å². The molecule has 1 aliphatic heterocycles. The van der Waals surface area contributed by atoms with Gasteiger partial charge in [-0.15, -0.1) is 11.3 Å². The Labute approximate surface area is 146 Å². The summed E-state index contributed by atoms with van der Waals surface area (Å²) in [4.78, 5) is 22.6. The minimum absolute atomic E-state index is 0.00877. The van der Waals surface area contributed by atoms with E-state index in [1.165, 1.54) is 29.7 Å². The molecule has 4 rings (SSSR count). The first-order valence-electron chi connectivity index (χ1n) is 7.70. The highest BCUT2D eigenvalue weighted by molar-refractivity contribution is 9.11. The molecule has 118 valence electrons. The number of hydrogen-bond donors (Lipinski definition) is 1. The zero-order valence-electron chi connectivity index (χ0n) is 12.5. The third-order valence-electron chi connectivity index (χ3n) is 4.25. The molecule has 1 N–H and O–H groups in total. The molecule has 0 spiro atoms. The van der Waals surface area contributed by atoms with Crippen molar-refractivity contribution in [3.8, 4) is 0 Å². The molecule has 1 aliphatic rings. The number of benzene rings is 1. The Morgan fingerprint density at radius 3 is 2.70 bits per heavy atom. The monoisotopic (exact) mass is 389 g/mol. The van der Waals surface area contributed by atoms with E-state index in [0.717, 1.165) is 28.2 Å². The summed E-state index contributed by atoms with van der Waals surface area (Å²) in [6.07, 6.45) is 2.39. The maximum Gasteiger partial charge on any atom is 0.268 e. The average molecular weight is 390 g/mol. The van der Waals surface area contributed by atoms with Gasteiger partial charge in [0.2, 0.25) is 0 Å². The van der Waals surface area contributed by atoms with Crippen LogP contribution in [0.25, 0.3) is 10.2 Å². The Morgan fingerprint density at radius 1 is 1.22 bits per heavy atom. The topological polar surface area (TPSA) is 49.0 Å². The van der Waals surface area contributed by atoms with Crippen molar-refractivity contribution in [1.29, 1.82) is 0 Å². The SMILES string of the molecule is O=c1[nH]c(C(c2ccccc2)N2CCCC2)nc2cc(Br)sc12. The average Bonchev–Trinajstić information content (AvgIpc) is 3.18. The van der Waals surface area contributed by atoms with Gasteiger partial charge in [0.25, 0.3) is 5.56 Å². The summed E-state index contributed by atoms with van der Waals surface area (Å²) < 4.78 is 1.61. The molecule has 23 heavy (non-hydrogen) atoms. The van der Waals surface area contributed by atoms with Gasteiger partial charge in [-0.05, 0) is 53.5 Å². The van der Waals surface area contributed by atoms with Gasteiger partial charge in [0.05, 0.1) is 15.3 Å². The third kappa shape index (κ3) is 2.86. The summed E-state index contributed by atoms with van der Waals surface area (Å²) in [6, 6.07) is 12.2. The maximum atomic E-state index is 12.4. The van der Waals surface area contributed by atoms with Gasteiger partial charge in [-0.1, -0.05) is 30.3 Å². The highest BCUT2D eigenvalue weighted by Crippen LogP contribution is 2.31. The lowest BCUT2D eigenvalue weighted by Crippen LogP contribution is -2.29. The predicted octanol–water partition coefficient (Wildman–Crippen LogP) is 3.93. The molecule has 6 heteroatoms. The first kappa shape index (κ1) is 15.1. The molecule has 3 heterocycles. The van der Waals surface area contributed by atoms with Crippen molar-refractivity contribution in [3.63, 3.8) is 0 Å². The molecule has 1 atom stereocenters. The number of H-pyrrole nitrogens is 1. The number of rotatable bonds is 3. The third-order valence-corrected chi connectivity index (χ3v) is 5.88. The van der Waals surface area contributed by atoms with Crippen molar-refractivity contribution in [1.82, 2.24) is 14.9 Å². The standard InChI is InChI=1S/C17H16BrN3OS/c18-13-10-12-15(23-13)17(22)20-16(19-12)14(21-8-4-5-9-21)11-6-2-1-3-7-11/h1-3,6-7,10,14H,4-5,8-9H2,(H,19,20,22). The van der Waals surface area contributed by atoms with E-state index >= 15 is 0 Å². The van der Waals surface area contributed by atoms with E-state index in [1.54, 1.807) is 0 Å². The highest BCUT2D eigenvalue weighted by Gasteiger charge is 2.27. The van der Waals surface area contributed by atoms with Crippen molar-refractivity contribution in [2.45, 2.75) is 18.9 Å². The van der Waals surface area contributed by atoms with Gasteiger partial charge in [0, 0.05) is 0 Å². The van der Waals surface area contributed by atoms with Crippen LogP contribution in [0.4, 0.5) is 0 Å². The molecule has 1 unspecified atom stereocenters. The Morgan fingerprint density at radius 2 is 1.96 bits per heavy atom. The Hall–Kier alpha value is -1.50. The molecule has 4 nitrogen and oxygen atoms in total. The van der Waals surface area contributed by atoms with Gasteiger partial charge < -0.3 is 4.98 Å². The summed E-state index contributed by atoms with van der Waals surface area (Å²) in [6.45, 7) is 2.07. The largest absolute Gasteiger partial charge is 0.308 e. The van der Waals surface area contributed by atoms with E-state index in [0.29, 0.717) is 4.70 Å². The zero-order valence-corrected chi connectivity index (χ0v) is 14.9. The van der Waals surface area contributed by atoms with Crippen molar-refractivity contribution in [3.05, 3.63) is 61.9 Å². The normalized spacial score (nSPS) is 16.9. The summed E-state index contributed by atoms with van der Waals surface area (Å²) in [5.74, 6) is 0.737. The van der Waals surface area contributed by atoms with Gasteiger partial charge in [-0.25, -0.2) is 4.98 Å². The van der Waals surface area contributed by atoms with Gasteiger partial charge in [-0.3, -0.25) is 9.69 Å². The molecule has 2 aromatic heterocycles. The van der Waals surface area contributed by atoms with E-state index in [2.05, 4.69) is 37.9 Å². The molecule has 1 aromatic carbocycles. The van der Waals surface area contributed by atoms with E-state index < -0.39 is 0 Å². The molecule has 0 radical (unpaired) electrons. The first-order chi connectivity index (χ1) is 11.2. The quantitative estimate of drug-likeness (QED) is 0.737. The van der Waals surface area contributed by atoms with Crippen LogP contribution in [-0.4, -0.2) is 28.0 Å². The minimum Gasteiger partial charge on any atom is -0.308 e. The minimum atomic E-state index is -0.0548. The zero-order chi connectivity index (χ0) is 15.8. The van der Waals surface area contributed by atoms with E-state index in [9.17, 15) is 4.79 Å². The van der Waals surface area contributed by atoms with Crippen LogP contribution in [0.5, 0.6) is 0 Å². The van der Waals surface area contributed by atoms with Crippen LogP contribution in [0.15, 0.2) is 45.0 Å². The summed E-state index contributed by atoms with van der Waals surface area (Å²) in [7, 11) is 0. The lowest BCUT2D eigenvalue weighted by Gasteiger charge is -2.27. The number of fused-ring (bicyclic) bond motifs is 1. The Kier molecular flexibility index (Phi) is 4.05. The van der Waals surface area contributed by atoms with E-state index in [4.69, 9.17) is 4.98 Å². The van der Waals surface area contributed by atoms with Crippen molar-refractivity contribution >= 4 is 37.5 Å². The fraction of sp³-hybridized carbons (Fsp3) is 0.294. The van der Waals surface area contributed by atoms with Gasteiger partial charge in [0.15, 0.2) is 0 Å². The maximum absolute atomic E-state index is 12.4.